The Labute approximate surface area is 149 Å². The first-order valence-corrected chi connectivity index (χ1v) is 12.4. The molecular formula is C17H30N4O3Si. The van der Waals surface area contributed by atoms with Gasteiger partial charge in [0.25, 0.3) is 5.56 Å². The number of H-pyrrole nitrogens is 1. The number of aromatic amines is 1. The molecule has 0 bridgehead atoms. The summed E-state index contributed by atoms with van der Waals surface area (Å²) in [4.78, 5) is 19.2. The molecule has 2 rings (SSSR count). The molecule has 0 aromatic carbocycles. The normalized spacial score (nSPS) is 13.5. The van der Waals surface area contributed by atoms with Crippen LogP contribution in [0.1, 0.15) is 12.6 Å². The largest absolute Gasteiger partial charge is 0.383 e. The van der Waals surface area contributed by atoms with Crippen LogP contribution in [0.25, 0.3) is 11.0 Å². The lowest BCUT2D eigenvalue weighted by atomic mass is 10.3. The van der Waals surface area contributed by atoms with E-state index in [-0.39, 0.29) is 11.6 Å². The number of hydrogen-bond acceptors (Lipinski definition) is 5. The summed E-state index contributed by atoms with van der Waals surface area (Å²) in [6, 6.07) is 3.26. The number of nitrogens with zero attached hydrogens (tertiary/aromatic N) is 2. The number of aromatic nitrogens is 3. The highest BCUT2D eigenvalue weighted by molar-refractivity contribution is 6.76. The van der Waals surface area contributed by atoms with Crippen molar-refractivity contribution in [3.8, 4) is 0 Å². The third-order valence-electron chi connectivity index (χ3n) is 4.04. The Morgan fingerprint density at radius 3 is 2.84 bits per heavy atom. The molecule has 2 aromatic heterocycles. The van der Waals surface area contributed by atoms with E-state index in [4.69, 9.17) is 9.47 Å². The Bertz CT molecular complexity index is 736. The first kappa shape index (κ1) is 19.8. The van der Waals surface area contributed by atoms with Crippen LogP contribution in [0.15, 0.2) is 17.2 Å². The van der Waals surface area contributed by atoms with Gasteiger partial charge in [-0.1, -0.05) is 19.6 Å². The van der Waals surface area contributed by atoms with Crippen molar-refractivity contribution in [2.75, 3.05) is 20.3 Å². The molecule has 1 atom stereocenters. The molecule has 0 radical (unpaired) electrons. The van der Waals surface area contributed by atoms with Crippen LogP contribution in [0.4, 0.5) is 0 Å². The van der Waals surface area contributed by atoms with Crippen molar-refractivity contribution >= 4 is 19.1 Å². The van der Waals surface area contributed by atoms with Crippen molar-refractivity contribution in [3.63, 3.8) is 0 Å². The van der Waals surface area contributed by atoms with Gasteiger partial charge in [-0.25, -0.2) is 4.98 Å². The van der Waals surface area contributed by atoms with Gasteiger partial charge in [-0.3, -0.25) is 4.79 Å². The van der Waals surface area contributed by atoms with E-state index in [9.17, 15) is 4.79 Å². The number of rotatable bonds is 10. The SMILES string of the molecule is COC[C@H](C)NCc1cc2nc[nH]c(=O)c2n1COCC[Si](C)(C)C. The van der Waals surface area contributed by atoms with E-state index in [1.165, 1.54) is 6.33 Å². The summed E-state index contributed by atoms with van der Waals surface area (Å²) in [6.45, 7) is 11.3. The Kier molecular flexibility index (Phi) is 6.94. The van der Waals surface area contributed by atoms with Crippen LogP contribution >= 0.6 is 0 Å². The summed E-state index contributed by atoms with van der Waals surface area (Å²) >= 11 is 0. The number of ether oxygens (including phenoxy) is 2. The zero-order valence-corrected chi connectivity index (χ0v) is 16.9. The van der Waals surface area contributed by atoms with Gasteiger partial charge in [0.2, 0.25) is 0 Å². The summed E-state index contributed by atoms with van der Waals surface area (Å²) < 4.78 is 12.9. The number of methoxy groups -OCH3 is 1. The van der Waals surface area contributed by atoms with E-state index < -0.39 is 8.07 Å². The van der Waals surface area contributed by atoms with Gasteiger partial charge in [-0.05, 0) is 19.0 Å². The smallest absolute Gasteiger partial charge is 0.275 e. The zero-order chi connectivity index (χ0) is 18.4. The summed E-state index contributed by atoms with van der Waals surface area (Å²) in [5, 5.41) is 3.40. The van der Waals surface area contributed by atoms with Crippen molar-refractivity contribution in [2.24, 2.45) is 0 Å². The number of hydrogen-bond donors (Lipinski definition) is 2. The third-order valence-corrected chi connectivity index (χ3v) is 5.75. The zero-order valence-electron chi connectivity index (χ0n) is 15.9. The summed E-state index contributed by atoms with van der Waals surface area (Å²) in [5.74, 6) is 0. The van der Waals surface area contributed by atoms with Crippen LogP contribution < -0.4 is 10.9 Å². The Balaban J connectivity index is 2.16. The molecule has 25 heavy (non-hydrogen) atoms. The Morgan fingerprint density at radius 2 is 2.16 bits per heavy atom. The highest BCUT2D eigenvalue weighted by Gasteiger charge is 2.15. The molecular weight excluding hydrogens is 336 g/mol. The monoisotopic (exact) mass is 366 g/mol. The molecule has 7 nitrogen and oxygen atoms in total. The second kappa shape index (κ2) is 8.75. The van der Waals surface area contributed by atoms with E-state index in [0.29, 0.717) is 37.5 Å². The highest BCUT2D eigenvalue weighted by atomic mass is 28.3. The van der Waals surface area contributed by atoms with E-state index in [0.717, 1.165) is 11.7 Å². The molecule has 140 valence electrons. The molecule has 8 heteroatoms. The lowest BCUT2D eigenvalue weighted by molar-refractivity contribution is 0.0878. The molecule has 2 heterocycles. The maximum Gasteiger partial charge on any atom is 0.275 e. The first-order chi connectivity index (χ1) is 11.8. The quantitative estimate of drug-likeness (QED) is 0.497. The van der Waals surface area contributed by atoms with E-state index in [1.54, 1.807) is 7.11 Å². The van der Waals surface area contributed by atoms with Gasteiger partial charge < -0.3 is 24.3 Å². The highest BCUT2D eigenvalue weighted by Crippen LogP contribution is 2.15. The lowest BCUT2D eigenvalue weighted by Gasteiger charge is -2.17. The van der Waals surface area contributed by atoms with Crippen LogP contribution in [0.5, 0.6) is 0 Å². The van der Waals surface area contributed by atoms with Crippen LogP contribution in [-0.4, -0.2) is 49.0 Å². The van der Waals surface area contributed by atoms with Crippen LogP contribution in [0, 0.1) is 0 Å². The van der Waals surface area contributed by atoms with Gasteiger partial charge in [0.1, 0.15) is 12.2 Å². The maximum atomic E-state index is 12.2. The predicted molar refractivity (Wildman–Crippen MR) is 103 cm³/mol. The molecule has 2 aromatic rings. The molecule has 0 spiro atoms. The summed E-state index contributed by atoms with van der Waals surface area (Å²) in [5.41, 5.74) is 2.09. The fraction of sp³-hybridized carbons (Fsp3) is 0.647. The third kappa shape index (κ3) is 5.77. The standard InChI is InChI=1S/C17H30N4O3Si/c1-13(10-23-2)18-9-14-8-15-16(17(22)20-11-19-15)21(14)12-24-6-7-25(3,4)5/h8,11,13,18H,6-7,9-10,12H2,1-5H3,(H,19,20,22)/t13-/m0/s1. The number of nitrogens with one attached hydrogen (secondary N) is 2. The minimum absolute atomic E-state index is 0.144. The maximum absolute atomic E-state index is 12.2. The van der Waals surface area contributed by atoms with Gasteiger partial charge >= 0.3 is 0 Å². The Hall–Kier alpha value is -1.48. The molecule has 0 saturated carbocycles. The van der Waals surface area contributed by atoms with Gasteiger partial charge in [0, 0.05) is 40.1 Å². The van der Waals surface area contributed by atoms with Crippen molar-refractivity contribution in [1.82, 2.24) is 19.9 Å². The van der Waals surface area contributed by atoms with Crippen LogP contribution in [0.2, 0.25) is 25.7 Å². The van der Waals surface area contributed by atoms with Crippen LogP contribution in [0.3, 0.4) is 0 Å². The molecule has 2 N–H and O–H groups in total. The van der Waals surface area contributed by atoms with Crippen molar-refractivity contribution in [1.29, 1.82) is 0 Å². The molecule has 0 amide bonds. The molecule has 0 saturated heterocycles. The summed E-state index contributed by atoms with van der Waals surface area (Å²) in [6.07, 6.45) is 1.44. The van der Waals surface area contributed by atoms with E-state index in [2.05, 4.69) is 41.8 Å². The lowest BCUT2D eigenvalue weighted by Crippen LogP contribution is -2.30. The van der Waals surface area contributed by atoms with Crippen LogP contribution in [-0.2, 0) is 22.7 Å². The van der Waals surface area contributed by atoms with Gasteiger partial charge in [-0.15, -0.1) is 0 Å². The molecule has 0 aliphatic heterocycles. The van der Waals surface area contributed by atoms with Crippen molar-refractivity contribution in [2.45, 2.75) is 51.9 Å². The fourth-order valence-corrected chi connectivity index (χ4v) is 3.32. The minimum atomic E-state index is -1.14. The fourth-order valence-electron chi connectivity index (χ4n) is 2.57. The van der Waals surface area contributed by atoms with Gasteiger partial charge in [-0.2, -0.15) is 0 Å². The first-order valence-electron chi connectivity index (χ1n) is 8.67. The average Bonchev–Trinajstić information content (AvgIpc) is 2.88. The predicted octanol–water partition coefficient (Wildman–Crippen LogP) is 2.16. The van der Waals surface area contributed by atoms with Gasteiger partial charge in [0.15, 0.2) is 0 Å². The van der Waals surface area contributed by atoms with Crippen molar-refractivity contribution < 1.29 is 9.47 Å². The minimum Gasteiger partial charge on any atom is -0.383 e. The summed E-state index contributed by atoms with van der Waals surface area (Å²) in [7, 11) is 0.548. The van der Waals surface area contributed by atoms with Crippen molar-refractivity contribution in [3.05, 3.63) is 28.4 Å². The van der Waals surface area contributed by atoms with E-state index in [1.807, 2.05) is 10.6 Å². The van der Waals surface area contributed by atoms with Gasteiger partial charge in [0.05, 0.1) is 18.5 Å². The second-order valence-corrected chi connectivity index (χ2v) is 13.2. The Morgan fingerprint density at radius 1 is 1.40 bits per heavy atom. The molecule has 0 unspecified atom stereocenters. The van der Waals surface area contributed by atoms with E-state index >= 15 is 0 Å². The molecule has 0 fully saturated rings. The topological polar surface area (TPSA) is 81.2 Å². The molecule has 0 aliphatic carbocycles. The second-order valence-electron chi connectivity index (χ2n) is 7.61. The number of fused-ring (bicyclic) bond motifs is 1. The average molecular weight is 367 g/mol. The molecule has 0 aliphatic rings.